The van der Waals surface area contributed by atoms with E-state index in [1.54, 1.807) is 36.5 Å². The molecule has 116 valence electrons. The molecule has 0 atom stereocenters. The molecule has 1 aromatic heterocycles. The molecule has 0 aliphatic rings. The first-order chi connectivity index (χ1) is 11.1. The van der Waals surface area contributed by atoms with Crippen LogP contribution in [0.2, 0.25) is 5.02 Å². The van der Waals surface area contributed by atoms with Crippen LogP contribution in [0, 0.1) is 5.82 Å². The van der Waals surface area contributed by atoms with Crippen molar-refractivity contribution < 1.29 is 13.9 Å². The summed E-state index contributed by atoms with van der Waals surface area (Å²) in [4.78, 5) is 15.9. The van der Waals surface area contributed by atoms with Crippen molar-refractivity contribution in [1.29, 1.82) is 0 Å². The number of ether oxygens (including phenoxy) is 1. The Morgan fingerprint density at radius 3 is 2.78 bits per heavy atom. The normalized spacial score (nSPS) is 10.6. The molecule has 3 aromatic rings. The van der Waals surface area contributed by atoms with Crippen LogP contribution in [0.15, 0.2) is 48.7 Å². The number of esters is 1. The monoisotopic (exact) mass is 330 g/mol. The second-order valence-corrected chi connectivity index (χ2v) is 5.24. The highest BCUT2D eigenvalue weighted by Gasteiger charge is 2.10. The van der Waals surface area contributed by atoms with Crippen LogP contribution in [0.3, 0.4) is 0 Å². The molecule has 3 rings (SSSR count). The number of hydrogen-bond acceptors (Lipinski definition) is 4. The summed E-state index contributed by atoms with van der Waals surface area (Å²) in [5, 5.41) is 3.93. The van der Waals surface area contributed by atoms with Gasteiger partial charge < -0.3 is 10.1 Å². The van der Waals surface area contributed by atoms with Crippen LogP contribution in [0.1, 0.15) is 10.4 Å². The fraction of sp³-hybridized carbons (Fsp3) is 0.0588. The first kappa shape index (κ1) is 15.2. The highest BCUT2D eigenvalue weighted by Crippen LogP contribution is 2.28. The van der Waals surface area contributed by atoms with E-state index in [1.807, 2.05) is 0 Å². The Kier molecular flexibility index (Phi) is 4.12. The Bertz CT molecular complexity index is 899. The predicted octanol–water partition coefficient (Wildman–Crippen LogP) is 4.56. The molecular formula is C17H12ClFN2O2. The molecule has 0 amide bonds. The molecule has 2 aromatic carbocycles. The Morgan fingerprint density at radius 1 is 1.22 bits per heavy atom. The average molecular weight is 331 g/mol. The lowest BCUT2D eigenvalue weighted by Gasteiger charge is -2.11. The maximum Gasteiger partial charge on any atom is 0.337 e. The largest absolute Gasteiger partial charge is 0.465 e. The number of carbonyl (C=O) groups excluding carboxylic acids is 1. The number of rotatable bonds is 3. The van der Waals surface area contributed by atoms with E-state index in [0.717, 1.165) is 16.6 Å². The summed E-state index contributed by atoms with van der Waals surface area (Å²) in [5.41, 5.74) is 2.50. The molecule has 0 saturated heterocycles. The number of benzene rings is 2. The van der Waals surface area contributed by atoms with Crippen molar-refractivity contribution in [1.82, 2.24) is 4.98 Å². The third-order valence-corrected chi connectivity index (χ3v) is 3.65. The summed E-state index contributed by atoms with van der Waals surface area (Å²) in [5.74, 6) is -0.906. The van der Waals surface area contributed by atoms with Gasteiger partial charge >= 0.3 is 5.97 Å². The van der Waals surface area contributed by atoms with E-state index in [-0.39, 0.29) is 5.02 Å². The van der Waals surface area contributed by atoms with E-state index < -0.39 is 11.8 Å². The van der Waals surface area contributed by atoms with Gasteiger partial charge in [0.2, 0.25) is 0 Å². The van der Waals surface area contributed by atoms with Crippen LogP contribution in [0.25, 0.3) is 10.9 Å². The number of fused-ring (bicyclic) bond motifs is 1. The Balaban J connectivity index is 2.05. The molecule has 0 spiro atoms. The van der Waals surface area contributed by atoms with Crippen LogP contribution in [-0.4, -0.2) is 18.1 Å². The zero-order valence-corrected chi connectivity index (χ0v) is 12.9. The summed E-state index contributed by atoms with van der Waals surface area (Å²) >= 11 is 5.80. The van der Waals surface area contributed by atoms with Gasteiger partial charge in [-0.05, 0) is 42.5 Å². The SMILES string of the molecule is COC(=O)c1ccc2nccc(Nc3ccc(F)c(Cl)c3)c2c1. The molecule has 0 fully saturated rings. The summed E-state index contributed by atoms with van der Waals surface area (Å²) in [6, 6.07) is 11.2. The summed E-state index contributed by atoms with van der Waals surface area (Å²) in [7, 11) is 1.33. The van der Waals surface area contributed by atoms with E-state index in [4.69, 9.17) is 16.3 Å². The van der Waals surface area contributed by atoms with Gasteiger partial charge in [0.25, 0.3) is 0 Å². The highest BCUT2D eigenvalue weighted by molar-refractivity contribution is 6.31. The number of nitrogens with zero attached hydrogens (tertiary/aromatic N) is 1. The van der Waals surface area contributed by atoms with Gasteiger partial charge in [0.1, 0.15) is 5.82 Å². The molecule has 23 heavy (non-hydrogen) atoms. The van der Waals surface area contributed by atoms with E-state index in [2.05, 4.69) is 10.3 Å². The van der Waals surface area contributed by atoms with E-state index in [1.165, 1.54) is 19.2 Å². The molecule has 0 bridgehead atoms. The highest BCUT2D eigenvalue weighted by atomic mass is 35.5. The number of halogens is 2. The molecule has 4 nitrogen and oxygen atoms in total. The fourth-order valence-corrected chi connectivity index (χ4v) is 2.41. The zero-order valence-electron chi connectivity index (χ0n) is 12.1. The van der Waals surface area contributed by atoms with Gasteiger partial charge in [-0.25, -0.2) is 9.18 Å². The minimum atomic E-state index is -0.482. The molecule has 0 aliphatic carbocycles. The molecule has 0 unspecified atom stereocenters. The second-order valence-electron chi connectivity index (χ2n) is 4.84. The number of pyridine rings is 1. The minimum absolute atomic E-state index is 0.0311. The van der Waals surface area contributed by atoms with Crippen molar-refractivity contribution in [3.05, 3.63) is 65.1 Å². The summed E-state index contributed by atoms with van der Waals surface area (Å²) in [6.07, 6.45) is 1.65. The molecular weight excluding hydrogens is 319 g/mol. The zero-order chi connectivity index (χ0) is 16.4. The fourth-order valence-electron chi connectivity index (χ4n) is 2.23. The third kappa shape index (κ3) is 3.10. The van der Waals surface area contributed by atoms with Crippen LogP contribution < -0.4 is 5.32 Å². The number of carbonyl (C=O) groups is 1. The van der Waals surface area contributed by atoms with Crippen molar-refractivity contribution in [2.75, 3.05) is 12.4 Å². The lowest BCUT2D eigenvalue weighted by molar-refractivity contribution is 0.0601. The van der Waals surface area contributed by atoms with E-state index in [0.29, 0.717) is 11.3 Å². The molecule has 1 heterocycles. The molecule has 1 N–H and O–H groups in total. The minimum Gasteiger partial charge on any atom is -0.465 e. The van der Waals surface area contributed by atoms with Gasteiger partial charge in [-0.2, -0.15) is 0 Å². The summed E-state index contributed by atoms with van der Waals surface area (Å²) < 4.78 is 18.0. The Hall–Kier alpha value is -2.66. The van der Waals surface area contributed by atoms with E-state index >= 15 is 0 Å². The second kappa shape index (κ2) is 6.22. The van der Waals surface area contributed by atoms with Gasteiger partial charge in [0, 0.05) is 23.0 Å². The predicted molar refractivity (Wildman–Crippen MR) is 87.8 cm³/mol. The van der Waals surface area contributed by atoms with Crippen molar-refractivity contribution >= 4 is 39.8 Å². The first-order valence-corrected chi connectivity index (χ1v) is 7.15. The number of aromatic nitrogens is 1. The van der Waals surface area contributed by atoms with Crippen LogP contribution in [0.5, 0.6) is 0 Å². The summed E-state index contributed by atoms with van der Waals surface area (Å²) in [6.45, 7) is 0. The quantitative estimate of drug-likeness (QED) is 0.715. The average Bonchev–Trinajstić information content (AvgIpc) is 2.57. The van der Waals surface area contributed by atoms with Gasteiger partial charge in [0.05, 0.1) is 23.2 Å². The van der Waals surface area contributed by atoms with Gasteiger partial charge in [-0.1, -0.05) is 11.6 Å². The lowest BCUT2D eigenvalue weighted by atomic mass is 10.1. The number of nitrogens with one attached hydrogen (secondary N) is 1. The van der Waals surface area contributed by atoms with Crippen LogP contribution >= 0.6 is 11.6 Å². The van der Waals surface area contributed by atoms with E-state index in [9.17, 15) is 9.18 Å². The third-order valence-electron chi connectivity index (χ3n) is 3.36. The Morgan fingerprint density at radius 2 is 2.04 bits per heavy atom. The number of hydrogen-bond donors (Lipinski definition) is 1. The van der Waals surface area contributed by atoms with Gasteiger partial charge in [-0.3, -0.25) is 4.98 Å². The van der Waals surface area contributed by atoms with Crippen molar-refractivity contribution in [3.8, 4) is 0 Å². The van der Waals surface area contributed by atoms with Crippen LogP contribution in [-0.2, 0) is 4.74 Å². The molecule has 6 heteroatoms. The maximum absolute atomic E-state index is 13.3. The maximum atomic E-state index is 13.3. The first-order valence-electron chi connectivity index (χ1n) is 6.77. The molecule has 0 saturated carbocycles. The molecule has 0 aliphatic heterocycles. The van der Waals surface area contributed by atoms with Crippen LogP contribution in [0.4, 0.5) is 15.8 Å². The number of methoxy groups -OCH3 is 1. The topological polar surface area (TPSA) is 51.2 Å². The standard InChI is InChI=1S/C17H12ClFN2O2/c1-23-17(22)10-2-5-15-12(8-10)16(6-7-20-15)21-11-3-4-14(19)13(18)9-11/h2-9H,1H3,(H,20,21). The molecule has 0 radical (unpaired) electrons. The van der Waals surface area contributed by atoms with Gasteiger partial charge in [-0.15, -0.1) is 0 Å². The lowest BCUT2D eigenvalue weighted by Crippen LogP contribution is -2.01. The Labute approximate surface area is 136 Å². The van der Waals surface area contributed by atoms with Crippen molar-refractivity contribution in [3.63, 3.8) is 0 Å². The van der Waals surface area contributed by atoms with Gasteiger partial charge in [0.15, 0.2) is 0 Å². The smallest absolute Gasteiger partial charge is 0.337 e. The van der Waals surface area contributed by atoms with Crippen molar-refractivity contribution in [2.24, 2.45) is 0 Å². The van der Waals surface area contributed by atoms with Crippen molar-refractivity contribution in [2.45, 2.75) is 0 Å². The number of anilines is 2.